The van der Waals surface area contributed by atoms with Gasteiger partial charge in [0.1, 0.15) is 5.82 Å². The molecule has 0 aromatic carbocycles. The Morgan fingerprint density at radius 2 is 1.94 bits per heavy atom. The molecule has 98 valence electrons. The molecule has 0 unspecified atom stereocenters. The van der Waals surface area contributed by atoms with E-state index in [1.54, 1.807) is 6.20 Å². The first-order valence-electron chi connectivity index (χ1n) is 6.13. The first kappa shape index (κ1) is 13.3. The Balaban J connectivity index is 1.95. The molecular formula is C13H18BrN3O. The second-order valence-corrected chi connectivity index (χ2v) is 6.92. The summed E-state index contributed by atoms with van der Waals surface area (Å²) in [6.07, 6.45) is 1.80. The van der Waals surface area contributed by atoms with E-state index in [1.165, 1.54) is 0 Å². The molecule has 1 aliphatic rings. The molecule has 0 bridgehead atoms. The zero-order chi connectivity index (χ0) is 13.2. The summed E-state index contributed by atoms with van der Waals surface area (Å²) in [5.74, 6) is 1.14. The van der Waals surface area contributed by atoms with Crippen molar-refractivity contribution in [2.24, 2.45) is 0 Å². The molecule has 4 nitrogen and oxygen atoms in total. The number of pyridine rings is 1. The van der Waals surface area contributed by atoms with E-state index in [-0.39, 0.29) is 5.91 Å². The second kappa shape index (κ2) is 5.26. The van der Waals surface area contributed by atoms with Crippen molar-refractivity contribution in [3.05, 3.63) is 24.4 Å². The lowest BCUT2D eigenvalue weighted by atomic mass is 10.1. The Morgan fingerprint density at radius 3 is 2.44 bits per heavy atom. The van der Waals surface area contributed by atoms with Crippen LogP contribution >= 0.6 is 15.9 Å². The summed E-state index contributed by atoms with van der Waals surface area (Å²) in [4.78, 5) is 20.6. The van der Waals surface area contributed by atoms with E-state index in [1.807, 2.05) is 36.9 Å². The van der Waals surface area contributed by atoms with E-state index in [2.05, 4.69) is 25.8 Å². The van der Waals surface area contributed by atoms with Crippen LogP contribution in [0.15, 0.2) is 24.4 Å². The van der Waals surface area contributed by atoms with Crippen LogP contribution in [-0.4, -0.2) is 46.3 Å². The number of amides is 1. The lowest BCUT2D eigenvalue weighted by Gasteiger charge is -2.37. The number of nitrogens with zero attached hydrogens (tertiary/aromatic N) is 3. The van der Waals surface area contributed by atoms with Crippen molar-refractivity contribution in [2.75, 3.05) is 31.1 Å². The average molecular weight is 312 g/mol. The number of carbonyl (C=O) groups is 1. The Kier molecular flexibility index (Phi) is 3.90. The number of halogens is 1. The van der Waals surface area contributed by atoms with Gasteiger partial charge >= 0.3 is 0 Å². The molecule has 0 saturated carbocycles. The Labute approximate surface area is 116 Å². The summed E-state index contributed by atoms with van der Waals surface area (Å²) in [6, 6.07) is 5.91. The van der Waals surface area contributed by atoms with Crippen molar-refractivity contribution >= 4 is 27.7 Å². The summed E-state index contributed by atoms with van der Waals surface area (Å²) < 4.78 is -0.472. The van der Waals surface area contributed by atoms with Crippen molar-refractivity contribution in [1.29, 1.82) is 0 Å². The third-order valence-electron chi connectivity index (χ3n) is 3.05. The van der Waals surface area contributed by atoms with Gasteiger partial charge in [-0.1, -0.05) is 22.0 Å². The number of hydrogen-bond donors (Lipinski definition) is 0. The highest BCUT2D eigenvalue weighted by molar-refractivity contribution is 9.10. The monoisotopic (exact) mass is 311 g/mol. The molecule has 1 aromatic heterocycles. The van der Waals surface area contributed by atoms with Gasteiger partial charge in [-0.25, -0.2) is 4.98 Å². The summed E-state index contributed by atoms with van der Waals surface area (Å²) in [6.45, 7) is 6.97. The molecule has 5 heteroatoms. The van der Waals surface area contributed by atoms with Crippen LogP contribution in [0, 0.1) is 0 Å². The molecule has 0 aliphatic carbocycles. The smallest absolute Gasteiger partial charge is 0.239 e. The van der Waals surface area contributed by atoms with Crippen LogP contribution in [-0.2, 0) is 4.79 Å². The Bertz CT molecular complexity index is 408. The molecule has 1 saturated heterocycles. The molecule has 2 rings (SSSR count). The van der Waals surface area contributed by atoms with E-state index in [0.29, 0.717) is 0 Å². The quantitative estimate of drug-likeness (QED) is 0.783. The number of aromatic nitrogens is 1. The summed E-state index contributed by atoms with van der Waals surface area (Å²) in [7, 11) is 0. The molecular weight excluding hydrogens is 294 g/mol. The normalized spacial score (nSPS) is 16.8. The van der Waals surface area contributed by atoms with Gasteiger partial charge in [0.2, 0.25) is 5.91 Å². The van der Waals surface area contributed by atoms with E-state index >= 15 is 0 Å². The van der Waals surface area contributed by atoms with E-state index < -0.39 is 4.32 Å². The third-order valence-corrected chi connectivity index (χ3v) is 3.39. The highest BCUT2D eigenvalue weighted by atomic mass is 79.9. The van der Waals surface area contributed by atoms with Crippen molar-refractivity contribution in [3.8, 4) is 0 Å². The summed E-state index contributed by atoms with van der Waals surface area (Å²) >= 11 is 3.42. The Hall–Kier alpha value is -1.10. The molecule has 0 spiro atoms. The molecule has 1 fully saturated rings. The first-order chi connectivity index (χ1) is 8.48. The fourth-order valence-electron chi connectivity index (χ4n) is 2.06. The first-order valence-corrected chi connectivity index (χ1v) is 6.92. The minimum atomic E-state index is -0.472. The summed E-state index contributed by atoms with van der Waals surface area (Å²) in [5.41, 5.74) is 0. The number of carbonyl (C=O) groups excluding carboxylic acids is 1. The van der Waals surface area contributed by atoms with Gasteiger partial charge in [-0.2, -0.15) is 0 Å². The minimum Gasteiger partial charge on any atom is -0.353 e. The van der Waals surface area contributed by atoms with E-state index in [9.17, 15) is 4.79 Å². The van der Waals surface area contributed by atoms with E-state index in [4.69, 9.17) is 0 Å². The number of anilines is 1. The number of alkyl halides is 1. The SMILES string of the molecule is CC(C)(Br)C(=O)N1CCN(c2ccccn2)CC1. The van der Waals surface area contributed by atoms with Crippen LogP contribution in [0.4, 0.5) is 5.82 Å². The fourth-order valence-corrected chi connectivity index (χ4v) is 2.31. The largest absolute Gasteiger partial charge is 0.353 e. The molecule has 18 heavy (non-hydrogen) atoms. The van der Waals surface area contributed by atoms with Crippen LogP contribution in [0.25, 0.3) is 0 Å². The zero-order valence-corrected chi connectivity index (χ0v) is 12.4. The maximum atomic E-state index is 12.1. The molecule has 0 radical (unpaired) electrons. The van der Waals surface area contributed by atoms with Crippen molar-refractivity contribution in [3.63, 3.8) is 0 Å². The van der Waals surface area contributed by atoms with Crippen LogP contribution < -0.4 is 4.90 Å². The number of piperazine rings is 1. The molecule has 1 aromatic rings. The zero-order valence-electron chi connectivity index (χ0n) is 10.8. The maximum Gasteiger partial charge on any atom is 0.239 e. The van der Waals surface area contributed by atoms with Crippen molar-refractivity contribution in [2.45, 2.75) is 18.2 Å². The number of rotatable bonds is 2. The average Bonchev–Trinajstić information content (AvgIpc) is 2.38. The van der Waals surface area contributed by atoms with Crippen LogP contribution in [0.3, 0.4) is 0 Å². The third kappa shape index (κ3) is 3.02. The number of hydrogen-bond acceptors (Lipinski definition) is 3. The standard InChI is InChI=1S/C13H18BrN3O/c1-13(2,14)12(18)17-9-7-16(8-10-17)11-5-3-4-6-15-11/h3-6H,7-10H2,1-2H3. The van der Waals surface area contributed by atoms with Gasteiger partial charge in [0.15, 0.2) is 0 Å². The fraction of sp³-hybridized carbons (Fsp3) is 0.538. The molecule has 2 heterocycles. The predicted octanol–water partition coefficient (Wildman–Crippen LogP) is 1.90. The van der Waals surface area contributed by atoms with Gasteiger partial charge in [0.25, 0.3) is 0 Å². The van der Waals surface area contributed by atoms with Crippen molar-refractivity contribution in [1.82, 2.24) is 9.88 Å². The van der Waals surface area contributed by atoms with Gasteiger partial charge in [-0.15, -0.1) is 0 Å². The van der Waals surface area contributed by atoms with E-state index in [0.717, 1.165) is 32.0 Å². The molecule has 1 amide bonds. The maximum absolute atomic E-state index is 12.1. The van der Waals surface area contributed by atoms with Crippen LogP contribution in [0.5, 0.6) is 0 Å². The highest BCUT2D eigenvalue weighted by Crippen LogP contribution is 2.21. The molecule has 0 atom stereocenters. The minimum absolute atomic E-state index is 0.156. The summed E-state index contributed by atoms with van der Waals surface area (Å²) in [5, 5.41) is 0. The van der Waals surface area contributed by atoms with Crippen LogP contribution in [0.1, 0.15) is 13.8 Å². The van der Waals surface area contributed by atoms with Gasteiger partial charge < -0.3 is 9.80 Å². The lowest BCUT2D eigenvalue weighted by Crippen LogP contribution is -2.52. The van der Waals surface area contributed by atoms with Crippen molar-refractivity contribution < 1.29 is 4.79 Å². The predicted molar refractivity (Wildman–Crippen MR) is 76.0 cm³/mol. The highest BCUT2D eigenvalue weighted by Gasteiger charge is 2.31. The van der Waals surface area contributed by atoms with Gasteiger partial charge in [-0.3, -0.25) is 4.79 Å². The van der Waals surface area contributed by atoms with Gasteiger partial charge in [0, 0.05) is 32.4 Å². The topological polar surface area (TPSA) is 36.4 Å². The molecule has 1 aliphatic heterocycles. The lowest BCUT2D eigenvalue weighted by molar-refractivity contribution is -0.133. The van der Waals surface area contributed by atoms with Gasteiger partial charge in [0.05, 0.1) is 4.32 Å². The second-order valence-electron chi connectivity index (χ2n) is 4.94. The Morgan fingerprint density at radius 1 is 1.28 bits per heavy atom. The van der Waals surface area contributed by atoms with Crippen LogP contribution in [0.2, 0.25) is 0 Å². The van der Waals surface area contributed by atoms with Gasteiger partial charge in [-0.05, 0) is 26.0 Å². The molecule has 0 N–H and O–H groups in total.